The van der Waals surface area contributed by atoms with E-state index in [9.17, 15) is 19.8 Å². The molecule has 7 heteroatoms. The molecule has 35 heavy (non-hydrogen) atoms. The summed E-state index contributed by atoms with van der Waals surface area (Å²) in [7, 11) is 0. The number of amides is 2. The van der Waals surface area contributed by atoms with Gasteiger partial charge in [-0.25, -0.2) is 0 Å². The lowest BCUT2D eigenvalue weighted by Crippen LogP contribution is -2.78. The Morgan fingerprint density at radius 3 is 2.49 bits per heavy atom. The van der Waals surface area contributed by atoms with Gasteiger partial charge in [-0.05, 0) is 88.3 Å². The summed E-state index contributed by atoms with van der Waals surface area (Å²) < 4.78 is 6.59. The fourth-order valence-corrected chi connectivity index (χ4v) is 8.78. The number of likely N-dealkylation sites (tertiary alicyclic amines) is 1. The Bertz CT molecular complexity index is 1190. The number of piperidine rings is 1. The minimum atomic E-state index is -1.01. The average molecular weight is 477 g/mol. The van der Waals surface area contributed by atoms with E-state index in [2.05, 4.69) is 4.90 Å². The maximum atomic E-state index is 13.5. The zero-order chi connectivity index (χ0) is 23.7. The first-order valence-electron chi connectivity index (χ1n) is 13.5. The number of nitrogens with zero attached hydrogens (tertiary/aromatic N) is 2. The quantitative estimate of drug-likeness (QED) is 0.652. The maximum absolute atomic E-state index is 13.5. The first kappa shape index (κ1) is 20.8. The first-order chi connectivity index (χ1) is 16.9. The van der Waals surface area contributed by atoms with Crippen molar-refractivity contribution >= 4 is 11.8 Å². The number of carbonyl (C=O) groups is 2. The van der Waals surface area contributed by atoms with Crippen LogP contribution in [0.3, 0.4) is 0 Å². The molecule has 1 aromatic rings. The van der Waals surface area contributed by atoms with Crippen LogP contribution >= 0.6 is 0 Å². The van der Waals surface area contributed by atoms with E-state index in [1.807, 2.05) is 6.07 Å². The van der Waals surface area contributed by atoms with Gasteiger partial charge in [0.25, 0.3) is 11.8 Å². The highest BCUT2D eigenvalue weighted by Gasteiger charge is 2.74. The second kappa shape index (κ2) is 6.68. The summed E-state index contributed by atoms with van der Waals surface area (Å²) in [6.07, 6.45) is 7.74. The van der Waals surface area contributed by atoms with E-state index < -0.39 is 23.2 Å². The zero-order valence-electron chi connectivity index (χ0n) is 20.0. The predicted molar refractivity (Wildman–Crippen MR) is 126 cm³/mol. The number of phenols is 1. The minimum absolute atomic E-state index is 0.0109. The number of phenolic OH excluding ortho intramolecular Hbond substituents is 1. The minimum Gasteiger partial charge on any atom is -0.504 e. The Morgan fingerprint density at radius 1 is 1.03 bits per heavy atom. The maximum Gasteiger partial charge on any atom is 0.257 e. The van der Waals surface area contributed by atoms with Crippen LogP contribution < -0.4 is 4.74 Å². The summed E-state index contributed by atoms with van der Waals surface area (Å²) >= 11 is 0. The molecule has 8 rings (SSSR count). The van der Waals surface area contributed by atoms with E-state index in [0.717, 1.165) is 49.4 Å². The smallest absolute Gasteiger partial charge is 0.257 e. The van der Waals surface area contributed by atoms with Crippen molar-refractivity contribution in [1.82, 2.24) is 9.80 Å². The number of rotatable bonds is 3. The van der Waals surface area contributed by atoms with Gasteiger partial charge < -0.3 is 14.9 Å². The van der Waals surface area contributed by atoms with Crippen LogP contribution in [0.5, 0.6) is 11.5 Å². The Hall–Kier alpha value is -2.38. The highest BCUT2D eigenvalue weighted by atomic mass is 16.5. The summed E-state index contributed by atoms with van der Waals surface area (Å²) in [5, 5.41) is 23.4. The third-order valence-electron chi connectivity index (χ3n) is 10.5. The van der Waals surface area contributed by atoms with Crippen LogP contribution in [0.25, 0.3) is 0 Å². The molecule has 5 atom stereocenters. The van der Waals surface area contributed by atoms with E-state index >= 15 is 0 Å². The van der Waals surface area contributed by atoms with Crippen molar-refractivity contribution in [3.05, 3.63) is 34.4 Å². The van der Waals surface area contributed by atoms with Gasteiger partial charge in [0.05, 0.1) is 17.1 Å². The second-order valence-corrected chi connectivity index (χ2v) is 12.0. The number of imide groups is 1. The van der Waals surface area contributed by atoms with Gasteiger partial charge in [0, 0.05) is 29.3 Å². The molecule has 1 spiro atoms. The lowest BCUT2D eigenvalue weighted by atomic mass is 9.48. The number of carbonyl (C=O) groups excluding carboxylic acids is 2. The van der Waals surface area contributed by atoms with Gasteiger partial charge in [0.15, 0.2) is 11.5 Å². The lowest BCUT2D eigenvalue weighted by Gasteiger charge is -2.64. The third kappa shape index (κ3) is 2.40. The number of aliphatic hydroxyl groups is 1. The number of ether oxygens (including phenoxy) is 1. The van der Waals surface area contributed by atoms with Crippen molar-refractivity contribution in [2.24, 2.45) is 5.92 Å². The highest BCUT2D eigenvalue weighted by molar-refractivity contribution is 6.19. The van der Waals surface area contributed by atoms with Crippen molar-refractivity contribution in [2.75, 3.05) is 13.1 Å². The number of aromatic hydroxyl groups is 1. The number of hydrogen-bond donors (Lipinski definition) is 2. The Kier molecular flexibility index (Phi) is 3.97. The molecule has 3 heterocycles. The van der Waals surface area contributed by atoms with Gasteiger partial charge in [-0.3, -0.25) is 19.4 Å². The normalized spacial score (nSPS) is 39.6. The van der Waals surface area contributed by atoms with E-state index in [1.54, 1.807) is 6.07 Å². The SMILES string of the molecule is O=C1C2=C(CCCC2)C(=O)N1[C@H]1CC[C@@]2(O)[C@H]3Cc4ccc(O)c5c4[C@@]2(CCN3CC2CC2)[C@H]1O5. The molecule has 7 aliphatic rings. The van der Waals surface area contributed by atoms with Crippen LogP contribution in [-0.2, 0) is 21.4 Å². The van der Waals surface area contributed by atoms with Gasteiger partial charge in [0.2, 0.25) is 0 Å². The van der Waals surface area contributed by atoms with Crippen molar-refractivity contribution in [3.63, 3.8) is 0 Å². The van der Waals surface area contributed by atoms with E-state index in [4.69, 9.17) is 4.74 Å². The first-order valence-corrected chi connectivity index (χ1v) is 13.5. The molecule has 3 fully saturated rings. The molecule has 184 valence electrons. The van der Waals surface area contributed by atoms with Crippen LogP contribution in [0.4, 0.5) is 0 Å². The molecule has 2 amide bonds. The van der Waals surface area contributed by atoms with Crippen LogP contribution in [0, 0.1) is 5.92 Å². The summed E-state index contributed by atoms with van der Waals surface area (Å²) in [5.74, 6) is 0.972. The van der Waals surface area contributed by atoms with Crippen LogP contribution in [-0.4, -0.2) is 68.7 Å². The second-order valence-electron chi connectivity index (χ2n) is 12.0. The number of benzene rings is 1. The van der Waals surface area contributed by atoms with Gasteiger partial charge in [-0.2, -0.15) is 0 Å². The molecule has 3 aliphatic heterocycles. The molecule has 2 bridgehead atoms. The van der Waals surface area contributed by atoms with Gasteiger partial charge in [-0.15, -0.1) is 0 Å². The Balaban J connectivity index is 1.26. The van der Waals surface area contributed by atoms with Crippen molar-refractivity contribution < 1.29 is 24.5 Å². The monoisotopic (exact) mass is 476 g/mol. The molecule has 4 aliphatic carbocycles. The molecule has 1 saturated heterocycles. The molecule has 1 aromatic carbocycles. The molecule has 2 N–H and O–H groups in total. The summed E-state index contributed by atoms with van der Waals surface area (Å²) in [6, 6.07) is 3.25. The third-order valence-corrected chi connectivity index (χ3v) is 10.5. The predicted octanol–water partition coefficient (Wildman–Crippen LogP) is 2.56. The largest absolute Gasteiger partial charge is 0.504 e. The molecule has 0 unspecified atom stereocenters. The van der Waals surface area contributed by atoms with E-state index in [0.29, 0.717) is 49.0 Å². The summed E-state index contributed by atoms with van der Waals surface area (Å²) in [5.41, 5.74) is 1.73. The molecule has 0 aromatic heterocycles. The van der Waals surface area contributed by atoms with Crippen molar-refractivity contribution in [3.8, 4) is 11.5 Å². The van der Waals surface area contributed by atoms with E-state index in [-0.39, 0.29) is 23.6 Å². The van der Waals surface area contributed by atoms with Gasteiger partial charge in [0.1, 0.15) is 6.10 Å². The fourth-order valence-electron chi connectivity index (χ4n) is 8.78. The lowest BCUT2D eigenvalue weighted by molar-refractivity contribution is -0.201. The van der Waals surface area contributed by atoms with Crippen LogP contribution in [0.2, 0.25) is 0 Å². The standard InChI is InChI=1S/C28H32N2O5/c31-20-8-7-16-13-21-28(34)10-9-19(30-25(32)17-3-1-2-4-18(17)26(30)33)24-27(28,22(16)23(20)35-24)11-12-29(21)14-15-5-6-15/h7-8,15,19,21,24,31,34H,1-6,9-14H2/t19-,21+,24-,27-,28+/m0/s1. The molecular weight excluding hydrogens is 444 g/mol. The van der Waals surface area contributed by atoms with Crippen molar-refractivity contribution in [1.29, 1.82) is 0 Å². The number of hydrogen-bond acceptors (Lipinski definition) is 6. The Morgan fingerprint density at radius 2 is 1.77 bits per heavy atom. The van der Waals surface area contributed by atoms with E-state index in [1.165, 1.54) is 17.7 Å². The van der Waals surface area contributed by atoms with Crippen molar-refractivity contribution in [2.45, 2.75) is 93.4 Å². The topological polar surface area (TPSA) is 90.3 Å². The summed E-state index contributed by atoms with van der Waals surface area (Å²) in [4.78, 5) is 31.1. The van der Waals surface area contributed by atoms with Crippen LogP contribution in [0.15, 0.2) is 23.3 Å². The fraction of sp³-hybridized carbons (Fsp3) is 0.643. The molecule has 0 radical (unpaired) electrons. The Labute approximate surface area is 204 Å². The molecular formula is C28H32N2O5. The summed E-state index contributed by atoms with van der Waals surface area (Å²) in [6.45, 7) is 1.89. The molecule has 7 nitrogen and oxygen atoms in total. The van der Waals surface area contributed by atoms with Gasteiger partial charge in [-0.1, -0.05) is 6.07 Å². The molecule has 2 saturated carbocycles. The van der Waals surface area contributed by atoms with Gasteiger partial charge >= 0.3 is 0 Å². The highest BCUT2D eigenvalue weighted by Crippen LogP contribution is 2.66. The average Bonchev–Trinajstić information content (AvgIpc) is 3.54. The van der Waals surface area contributed by atoms with Crippen LogP contribution in [0.1, 0.15) is 68.9 Å². The zero-order valence-corrected chi connectivity index (χ0v) is 20.0.